The number of rotatable bonds is 3. The molecule has 6 heteroatoms. The van der Waals surface area contributed by atoms with Crippen LogP contribution >= 0.6 is 0 Å². The van der Waals surface area contributed by atoms with E-state index in [0.717, 1.165) is 11.5 Å². The molecular weight excluding hydrogens is 268 g/mol. The van der Waals surface area contributed by atoms with Crippen LogP contribution in [0.5, 0.6) is 0 Å². The van der Waals surface area contributed by atoms with E-state index in [-0.39, 0.29) is 11.8 Å². The number of hydrogen-bond donors (Lipinski definition) is 1. The van der Waals surface area contributed by atoms with Crippen LogP contribution in [0.2, 0.25) is 0 Å². The first-order valence-electron chi connectivity index (χ1n) is 6.76. The summed E-state index contributed by atoms with van der Waals surface area (Å²) in [4.78, 5) is 12.2. The minimum atomic E-state index is -0.195. The van der Waals surface area contributed by atoms with E-state index < -0.39 is 0 Å². The van der Waals surface area contributed by atoms with Crippen molar-refractivity contribution in [2.24, 2.45) is 0 Å². The third kappa shape index (κ3) is 2.40. The maximum absolute atomic E-state index is 12.2. The van der Waals surface area contributed by atoms with Gasteiger partial charge in [0.25, 0.3) is 5.91 Å². The third-order valence-electron chi connectivity index (χ3n) is 3.31. The second kappa shape index (κ2) is 5.05. The summed E-state index contributed by atoms with van der Waals surface area (Å²) in [5.74, 6) is 1.52. The summed E-state index contributed by atoms with van der Waals surface area (Å²) in [6.07, 6.45) is 3.34. The zero-order valence-electron chi connectivity index (χ0n) is 12.1. The number of pyridine rings is 1. The first kappa shape index (κ1) is 13.4. The molecule has 0 fully saturated rings. The van der Waals surface area contributed by atoms with Crippen molar-refractivity contribution in [3.8, 4) is 0 Å². The smallest absolute Gasteiger partial charge is 0.259 e. The summed E-state index contributed by atoms with van der Waals surface area (Å²) in [6.45, 7) is 5.86. The van der Waals surface area contributed by atoms with E-state index in [0.29, 0.717) is 17.0 Å². The lowest BCUT2D eigenvalue weighted by molar-refractivity contribution is 0.102. The molecular formula is C15H16N4O2. The molecule has 0 aliphatic heterocycles. The van der Waals surface area contributed by atoms with Crippen molar-refractivity contribution in [1.82, 2.24) is 14.6 Å². The normalized spacial score (nSPS) is 11.2. The Morgan fingerprint density at radius 2 is 2.10 bits per heavy atom. The summed E-state index contributed by atoms with van der Waals surface area (Å²) >= 11 is 0. The third-order valence-corrected chi connectivity index (χ3v) is 3.31. The van der Waals surface area contributed by atoms with Crippen molar-refractivity contribution in [1.29, 1.82) is 0 Å². The van der Waals surface area contributed by atoms with Crippen LogP contribution in [0.3, 0.4) is 0 Å². The van der Waals surface area contributed by atoms with Crippen LogP contribution in [0.1, 0.15) is 41.7 Å². The second-order valence-corrected chi connectivity index (χ2v) is 5.20. The molecule has 3 heterocycles. The van der Waals surface area contributed by atoms with Gasteiger partial charge in [0.2, 0.25) is 0 Å². The van der Waals surface area contributed by atoms with Crippen LogP contribution < -0.4 is 5.32 Å². The number of anilines is 1. The maximum atomic E-state index is 12.2. The summed E-state index contributed by atoms with van der Waals surface area (Å²) in [7, 11) is 0. The lowest BCUT2D eigenvalue weighted by Crippen LogP contribution is -2.12. The van der Waals surface area contributed by atoms with E-state index in [9.17, 15) is 4.79 Å². The van der Waals surface area contributed by atoms with Gasteiger partial charge in [0, 0.05) is 12.1 Å². The van der Waals surface area contributed by atoms with E-state index in [2.05, 4.69) is 29.4 Å². The average Bonchev–Trinajstić information content (AvgIpc) is 3.04. The highest BCUT2D eigenvalue weighted by molar-refractivity contribution is 6.04. The molecule has 6 nitrogen and oxygen atoms in total. The minimum absolute atomic E-state index is 0.195. The molecule has 0 aromatic carbocycles. The van der Waals surface area contributed by atoms with Gasteiger partial charge in [0.15, 0.2) is 5.65 Å². The first-order valence-corrected chi connectivity index (χ1v) is 6.76. The lowest BCUT2D eigenvalue weighted by Gasteiger charge is -2.07. The van der Waals surface area contributed by atoms with E-state index in [1.807, 2.05) is 16.7 Å². The van der Waals surface area contributed by atoms with Crippen LogP contribution in [0.4, 0.5) is 5.69 Å². The first-order chi connectivity index (χ1) is 10.1. The van der Waals surface area contributed by atoms with Crippen molar-refractivity contribution < 1.29 is 9.21 Å². The number of nitrogens with one attached hydrogen (secondary N) is 1. The maximum Gasteiger partial charge on any atom is 0.259 e. The zero-order chi connectivity index (χ0) is 15.0. The van der Waals surface area contributed by atoms with Crippen LogP contribution in [0.25, 0.3) is 5.65 Å². The van der Waals surface area contributed by atoms with Gasteiger partial charge in [0.05, 0.1) is 17.5 Å². The quantitative estimate of drug-likeness (QED) is 0.802. The second-order valence-electron chi connectivity index (χ2n) is 5.20. The average molecular weight is 284 g/mol. The summed E-state index contributed by atoms with van der Waals surface area (Å²) in [5, 5.41) is 11.1. The van der Waals surface area contributed by atoms with Gasteiger partial charge < -0.3 is 9.73 Å². The standard InChI is InChI=1S/C15H16N4O2/c1-9(2)14-18-17-13-5-4-11(8-19(13)14)16-15(20)12-6-7-21-10(12)3/h4-9H,1-3H3,(H,16,20). The summed E-state index contributed by atoms with van der Waals surface area (Å²) < 4.78 is 7.04. The number of nitrogens with zero attached hydrogens (tertiary/aromatic N) is 3. The fraction of sp³-hybridized carbons (Fsp3) is 0.267. The molecule has 108 valence electrons. The number of carbonyl (C=O) groups excluding carboxylic acids is 1. The Kier molecular flexibility index (Phi) is 3.21. The molecule has 3 aromatic heterocycles. The van der Waals surface area contributed by atoms with Gasteiger partial charge in [-0.25, -0.2) is 0 Å². The number of fused-ring (bicyclic) bond motifs is 1. The van der Waals surface area contributed by atoms with Crippen molar-refractivity contribution >= 4 is 17.2 Å². The van der Waals surface area contributed by atoms with Crippen LogP contribution in [0, 0.1) is 6.92 Å². The molecule has 0 bridgehead atoms. The Balaban J connectivity index is 1.92. The molecule has 0 aliphatic carbocycles. The Bertz CT molecular complexity index is 801. The van der Waals surface area contributed by atoms with Gasteiger partial charge in [-0.2, -0.15) is 0 Å². The molecule has 0 saturated heterocycles. The zero-order valence-corrected chi connectivity index (χ0v) is 12.1. The number of carbonyl (C=O) groups is 1. The molecule has 0 atom stereocenters. The fourth-order valence-corrected chi connectivity index (χ4v) is 2.20. The number of aromatic nitrogens is 3. The highest BCUT2D eigenvalue weighted by Crippen LogP contribution is 2.18. The van der Waals surface area contributed by atoms with E-state index in [1.54, 1.807) is 19.1 Å². The Hall–Kier alpha value is -2.63. The predicted octanol–water partition coefficient (Wildman–Crippen LogP) is 3.01. The van der Waals surface area contributed by atoms with Crippen molar-refractivity contribution in [2.75, 3.05) is 5.32 Å². The summed E-state index contributed by atoms with van der Waals surface area (Å²) in [5.41, 5.74) is 1.98. The molecule has 0 aliphatic rings. The Morgan fingerprint density at radius 1 is 1.29 bits per heavy atom. The van der Waals surface area contributed by atoms with E-state index in [4.69, 9.17) is 4.42 Å². The minimum Gasteiger partial charge on any atom is -0.469 e. The number of furan rings is 1. The van der Waals surface area contributed by atoms with Gasteiger partial charge in [-0.15, -0.1) is 10.2 Å². The topological polar surface area (TPSA) is 72.4 Å². The molecule has 1 amide bonds. The van der Waals surface area contributed by atoms with Crippen LogP contribution in [0.15, 0.2) is 35.1 Å². The van der Waals surface area contributed by atoms with E-state index in [1.165, 1.54) is 6.26 Å². The molecule has 0 unspecified atom stereocenters. The van der Waals surface area contributed by atoms with Crippen molar-refractivity contribution in [3.05, 3.63) is 47.8 Å². The van der Waals surface area contributed by atoms with E-state index >= 15 is 0 Å². The van der Waals surface area contributed by atoms with Crippen molar-refractivity contribution in [2.45, 2.75) is 26.7 Å². The predicted molar refractivity (Wildman–Crippen MR) is 78.5 cm³/mol. The van der Waals surface area contributed by atoms with Crippen LogP contribution in [-0.4, -0.2) is 20.5 Å². The van der Waals surface area contributed by atoms with Gasteiger partial charge in [0.1, 0.15) is 11.6 Å². The molecule has 0 saturated carbocycles. The number of amides is 1. The van der Waals surface area contributed by atoms with Crippen LogP contribution in [-0.2, 0) is 0 Å². The summed E-state index contributed by atoms with van der Waals surface area (Å²) in [6, 6.07) is 5.29. The Morgan fingerprint density at radius 3 is 2.76 bits per heavy atom. The highest BCUT2D eigenvalue weighted by atomic mass is 16.3. The lowest BCUT2D eigenvalue weighted by atomic mass is 10.2. The van der Waals surface area contributed by atoms with Gasteiger partial charge in [-0.1, -0.05) is 13.8 Å². The van der Waals surface area contributed by atoms with Gasteiger partial charge in [-0.3, -0.25) is 9.20 Å². The monoisotopic (exact) mass is 284 g/mol. The molecule has 3 rings (SSSR count). The molecule has 1 N–H and O–H groups in total. The van der Waals surface area contributed by atoms with Gasteiger partial charge in [-0.05, 0) is 25.1 Å². The molecule has 0 radical (unpaired) electrons. The molecule has 0 spiro atoms. The van der Waals surface area contributed by atoms with Gasteiger partial charge >= 0.3 is 0 Å². The van der Waals surface area contributed by atoms with Crippen molar-refractivity contribution in [3.63, 3.8) is 0 Å². The number of aryl methyl sites for hydroxylation is 1. The Labute approximate surface area is 121 Å². The number of hydrogen-bond acceptors (Lipinski definition) is 4. The molecule has 21 heavy (non-hydrogen) atoms. The molecule has 3 aromatic rings. The fourth-order valence-electron chi connectivity index (χ4n) is 2.20. The largest absolute Gasteiger partial charge is 0.469 e. The highest BCUT2D eigenvalue weighted by Gasteiger charge is 2.13. The SMILES string of the molecule is Cc1occc1C(=O)Nc1ccc2nnc(C(C)C)n2c1.